The fourth-order valence-electron chi connectivity index (χ4n) is 1.74. The van der Waals surface area contributed by atoms with Gasteiger partial charge in [0.1, 0.15) is 5.71 Å². The molecule has 0 saturated heterocycles. The Balaban J connectivity index is 1.80. The summed E-state index contributed by atoms with van der Waals surface area (Å²) >= 11 is 0. The van der Waals surface area contributed by atoms with Crippen molar-refractivity contribution in [2.45, 2.75) is 25.3 Å². The van der Waals surface area contributed by atoms with E-state index < -0.39 is 0 Å². The van der Waals surface area contributed by atoms with E-state index >= 15 is 0 Å². The maximum Gasteiger partial charge on any atom is 0.262 e. The molecule has 3 heteroatoms. The van der Waals surface area contributed by atoms with Crippen molar-refractivity contribution in [2.24, 2.45) is 10.7 Å². The topological polar surface area (TPSA) is 55.5 Å². The Morgan fingerprint density at radius 3 is 2.67 bits per heavy atom. The number of nitrogens with zero attached hydrogens (tertiary/aromatic N) is 1. The fraction of sp³-hybridized carbons (Fsp3) is 0.333. The number of benzene rings is 1. The van der Waals surface area contributed by atoms with Crippen LogP contribution in [0.3, 0.4) is 0 Å². The first-order chi connectivity index (χ1) is 7.25. The monoisotopic (exact) mass is 202 g/mol. The Bertz CT molecular complexity index is 384. The van der Waals surface area contributed by atoms with Crippen LogP contribution in [0.5, 0.6) is 0 Å². The Morgan fingerprint density at radius 1 is 1.40 bits per heavy atom. The summed E-state index contributed by atoms with van der Waals surface area (Å²) in [6, 6.07) is 10.6. The van der Waals surface area contributed by atoms with Gasteiger partial charge in [0.15, 0.2) is 0 Å². The van der Waals surface area contributed by atoms with Crippen molar-refractivity contribution in [1.29, 1.82) is 0 Å². The second-order valence-corrected chi connectivity index (χ2v) is 3.82. The van der Waals surface area contributed by atoms with Gasteiger partial charge in [-0.15, -0.1) is 0 Å². The van der Waals surface area contributed by atoms with Crippen LogP contribution in [0.15, 0.2) is 35.3 Å². The summed E-state index contributed by atoms with van der Waals surface area (Å²) in [4.78, 5) is 14.9. The van der Waals surface area contributed by atoms with Crippen molar-refractivity contribution in [3.63, 3.8) is 0 Å². The van der Waals surface area contributed by atoms with Crippen molar-refractivity contribution in [3.05, 3.63) is 35.9 Å². The van der Waals surface area contributed by atoms with Gasteiger partial charge in [-0.25, -0.2) is 0 Å². The molecule has 1 unspecified atom stereocenters. The number of nitrogens with two attached hydrogens (primary N) is 1. The van der Waals surface area contributed by atoms with Crippen LogP contribution in [0.25, 0.3) is 0 Å². The van der Waals surface area contributed by atoms with Crippen molar-refractivity contribution in [2.75, 3.05) is 0 Å². The Kier molecular flexibility index (Phi) is 2.81. The molecule has 1 atom stereocenters. The molecule has 1 aromatic rings. The summed E-state index contributed by atoms with van der Waals surface area (Å²) in [6.07, 6.45) is 2.77. The van der Waals surface area contributed by atoms with Crippen LogP contribution in [0.1, 0.15) is 18.4 Å². The first-order valence-electron chi connectivity index (χ1n) is 5.16. The molecule has 78 valence electrons. The maximum atomic E-state index is 10.7. The molecule has 1 aromatic carbocycles. The molecule has 0 fully saturated rings. The van der Waals surface area contributed by atoms with E-state index in [1.807, 2.05) is 18.2 Å². The largest absolute Gasteiger partial charge is 0.365 e. The molecule has 1 aliphatic rings. The van der Waals surface area contributed by atoms with Crippen LogP contribution in [-0.4, -0.2) is 17.7 Å². The zero-order valence-corrected chi connectivity index (χ0v) is 8.52. The van der Waals surface area contributed by atoms with Gasteiger partial charge in [-0.1, -0.05) is 30.3 Å². The number of primary amides is 1. The van der Waals surface area contributed by atoms with Crippen LogP contribution in [0.2, 0.25) is 0 Å². The molecule has 1 aliphatic heterocycles. The minimum absolute atomic E-state index is 0.299. The van der Waals surface area contributed by atoms with Crippen LogP contribution in [0, 0.1) is 0 Å². The van der Waals surface area contributed by atoms with Crippen molar-refractivity contribution in [1.82, 2.24) is 0 Å². The third-order valence-electron chi connectivity index (χ3n) is 2.66. The van der Waals surface area contributed by atoms with Gasteiger partial charge in [0.25, 0.3) is 5.91 Å². The average Bonchev–Trinajstić information content (AvgIpc) is 2.16. The summed E-state index contributed by atoms with van der Waals surface area (Å²) in [5.74, 6) is -0.369. The van der Waals surface area contributed by atoms with Crippen molar-refractivity contribution in [3.8, 4) is 0 Å². The van der Waals surface area contributed by atoms with E-state index in [0.29, 0.717) is 11.8 Å². The van der Waals surface area contributed by atoms with Crippen molar-refractivity contribution >= 4 is 11.6 Å². The molecular weight excluding hydrogens is 188 g/mol. The highest BCUT2D eigenvalue weighted by molar-refractivity contribution is 6.40. The zero-order valence-electron chi connectivity index (χ0n) is 8.52. The lowest BCUT2D eigenvalue weighted by Crippen LogP contribution is -2.35. The number of rotatable bonds is 4. The Labute approximate surface area is 89.0 Å². The van der Waals surface area contributed by atoms with E-state index in [1.54, 1.807) is 0 Å². The van der Waals surface area contributed by atoms with Gasteiger partial charge >= 0.3 is 0 Å². The predicted molar refractivity (Wildman–Crippen MR) is 59.8 cm³/mol. The summed E-state index contributed by atoms with van der Waals surface area (Å²) < 4.78 is 0. The summed E-state index contributed by atoms with van der Waals surface area (Å²) in [7, 11) is 0. The maximum absolute atomic E-state index is 10.7. The summed E-state index contributed by atoms with van der Waals surface area (Å²) in [5.41, 5.74) is 6.97. The third kappa shape index (κ3) is 2.43. The predicted octanol–water partition coefficient (Wildman–Crippen LogP) is 1.32. The minimum atomic E-state index is -0.369. The third-order valence-corrected chi connectivity index (χ3v) is 2.66. The second kappa shape index (κ2) is 4.26. The molecule has 0 aromatic heterocycles. The molecule has 0 saturated carbocycles. The lowest BCUT2D eigenvalue weighted by atomic mass is 9.96. The average molecular weight is 202 g/mol. The Hall–Kier alpha value is -1.64. The number of carbonyl (C=O) groups is 1. The van der Waals surface area contributed by atoms with E-state index in [0.717, 1.165) is 19.3 Å². The Morgan fingerprint density at radius 2 is 2.07 bits per heavy atom. The van der Waals surface area contributed by atoms with Crippen LogP contribution in [-0.2, 0) is 11.2 Å². The minimum Gasteiger partial charge on any atom is -0.365 e. The van der Waals surface area contributed by atoms with E-state index in [2.05, 4.69) is 17.1 Å². The molecular formula is C12H14N2O. The fourth-order valence-corrected chi connectivity index (χ4v) is 1.74. The lowest BCUT2D eigenvalue weighted by molar-refractivity contribution is -0.112. The van der Waals surface area contributed by atoms with Crippen LogP contribution >= 0.6 is 0 Å². The summed E-state index contributed by atoms with van der Waals surface area (Å²) in [5, 5.41) is 0. The SMILES string of the molecule is NC(=O)C1=NC(CCc2ccccc2)C1. The summed E-state index contributed by atoms with van der Waals surface area (Å²) in [6.45, 7) is 0. The highest BCUT2D eigenvalue weighted by Crippen LogP contribution is 2.18. The van der Waals surface area contributed by atoms with Gasteiger partial charge in [0, 0.05) is 6.42 Å². The molecule has 1 amide bonds. The van der Waals surface area contributed by atoms with Gasteiger partial charge in [0.05, 0.1) is 6.04 Å². The van der Waals surface area contributed by atoms with Crippen LogP contribution < -0.4 is 5.73 Å². The van der Waals surface area contributed by atoms with E-state index in [-0.39, 0.29) is 5.91 Å². The van der Waals surface area contributed by atoms with Gasteiger partial charge in [-0.2, -0.15) is 0 Å². The molecule has 1 heterocycles. The van der Waals surface area contributed by atoms with Gasteiger partial charge in [0.2, 0.25) is 0 Å². The molecule has 2 rings (SSSR count). The van der Waals surface area contributed by atoms with Crippen molar-refractivity contribution < 1.29 is 4.79 Å². The molecule has 2 N–H and O–H groups in total. The van der Waals surface area contributed by atoms with Gasteiger partial charge in [-0.3, -0.25) is 9.79 Å². The number of carbonyl (C=O) groups excluding carboxylic acids is 1. The second-order valence-electron chi connectivity index (χ2n) is 3.82. The molecule has 15 heavy (non-hydrogen) atoms. The number of aliphatic imine (C=N–C) groups is 1. The highest BCUT2D eigenvalue weighted by atomic mass is 16.1. The molecule has 0 radical (unpaired) electrons. The smallest absolute Gasteiger partial charge is 0.262 e. The molecule has 0 bridgehead atoms. The standard InChI is InChI=1S/C12H14N2O/c13-12(15)11-8-10(14-11)7-6-9-4-2-1-3-5-9/h1-5,10H,6-8H2,(H2,13,15). The normalized spacial score (nSPS) is 19.2. The van der Waals surface area contributed by atoms with E-state index in [1.165, 1.54) is 5.56 Å². The first-order valence-corrected chi connectivity index (χ1v) is 5.16. The quantitative estimate of drug-likeness (QED) is 0.786. The number of amides is 1. The molecule has 0 spiro atoms. The first kappa shape index (κ1) is 9.90. The molecule has 3 nitrogen and oxygen atoms in total. The molecule has 0 aliphatic carbocycles. The highest BCUT2D eigenvalue weighted by Gasteiger charge is 2.24. The van der Waals surface area contributed by atoms with Gasteiger partial charge < -0.3 is 5.73 Å². The van der Waals surface area contributed by atoms with Gasteiger partial charge in [-0.05, 0) is 18.4 Å². The number of aryl methyl sites for hydroxylation is 1. The van der Waals surface area contributed by atoms with E-state index in [4.69, 9.17) is 5.73 Å². The van der Waals surface area contributed by atoms with E-state index in [9.17, 15) is 4.79 Å². The van der Waals surface area contributed by atoms with Crippen LogP contribution in [0.4, 0.5) is 0 Å². The number of hydrogen-bond acceptors (Lipinski definition) is 2. The lowest BCUT2D eigenvalue weighted by Gasteiger charge is -2.22. The number of hydrogen-bond donors (Lipinski definition) is 1. The zero-order chi connectivity index (χ0) is 10.7.